The number of rotatable bonds is 8. The second kappa shape index (κ2) is 7.35. The van der Waals surface area contributed by atoms with Crippen molar-refractivity contribution in [3.8, 4) is 5.75 Å². The summed E-state index contributed by atoms with van der Waals surface area (Å²) in [6.45, 7) is -1.12. The van der Waals surface area contributed by atoms with Gasteiger partial charge in [0.1, 0.15) is 25.1 Å². The summed E-state index contributed by atoms with van der Waals surface area (Å²) in [4.78, 5) is 0. The third-order valence-corrected chi connectivity index (χ3v) is 3.13. The summed E-state index contributed by atoms with van der Waals surface area (Å²) in [6, 6.07) is 6.02. The molecule has 0 radical (unpaired) electrons. The highest BCUT2D eigenvalue weighted by Crippen LogP contribution is 2.17. The first kappa shape index (κ1) is 18.1. The van der Waals surface area contributed by atoms with Crippen molar-refractivity contribution in [3.63, 3.8) is 0 Å². The van der Waals surface area contributed by atoms with E-state index in [1.165, 1.54) is 24.3 Å². The number of hydrogen-bond donors (Lipinski definition) is 2. The zero-order valence-corrected chi connectivity index (χ0v) is 12.9. The highest BCUT2D eigenvalue weighted by atomic mass is 35.5. The van der Waals surface area contributed by atoms with E-state index in [1.807, 2.05) is 0 Å². The van der Waals surface area contributed by atoms with Gasteiger partial charge in [-0.2, -0.15) is 16.8 Å². The molecule has 0 saturated heterocycles. The molecule has 0 fully saturated rings. The normalized spacial score (nSPS) is 12.6. The molecule has 0 amide bonds. The van der Waals surface area contributed by atoms with Gasteiger partial charge in [-0.3, -0.25) is 8.37 Å². The summed E-state index contributed by atoms with van der Waals surface area (Å²) in [5.41, 5.74) is 0. The second-order valence-corrected chi connectivity index (χ2v) is 6.63. The van der Waals surface area contributed by atoms with E-state index in [2.05, 4.69) is 18.6 Å². The molecule has 0 aliphatic rings. The Morgan fingerprint density at radius 3 is 1.76 bits per heavy atom. The molecule has 0 bridgehead atoms. The van der Waals surface area contributed by atoms with Crippen LogP contribution >= 0.6 is 11.6 Å². The Hall–Kier alpha value is -0.950. The molecule has 0 saturated carbocycles. The van der Waals surface area contributed by atoms with Gasteiger partial charge in [-0.15, -0.1) is 0 Å². The molecule has 0 aliphatic heterocycles. The molecule has 0 aromatic heterocycles. The lowest BCUT2D eigenvalue weighted by Crippen LogP contribution is -2.33. The largest absolute Gasteiger partial charge is 0.485 e. The van der Waals surface area contributed by atoms with Crippen molar-refractivity contribution in [2.75, 3.05) is 13.2 Å². The van der Waals surface area contributed by atoms with Gasteiger partial charge in [0.05, 0.1) is 0 Å². The Kier molecular flexibility index (Phi) is 6.34. The Bertz CT molecular complexity index is 624. The van der Waals surface area contributed by atoms with E-state index in [-0.39, 0.29) is 0 Å². The molecule has 4 N–H and O–H groups in total. The third-order valence-electron chi connectivity index (χ3n) is 1.95. The monoisotopic (exact) mass is 360 g/mol. The van der Waals surface area contributed by atoms with Crippen molar-refractivity contribution in [1.82, 2.24) is 0 Å². The lowest BCUT2D eigenvalue weighted by atomic mass is 10.3. The van der Waals surface area contributed by atoms with Crippen molar-refractivity contribution in [1.29, 1.82) is 0 Å². The van der Waals surface area contributed by atoms with Gasteiger partial charge in [0, 0.05) is 5.02 Å². The predicted octanol–water partition coefficient (Wildman–Crippen LogP) is -0.472. The Morgan fingerprint density at radius 2 is 1.38 bits per heavy atom. The van der Waals surface area contributed by atoms with Gasteiger partial charge in [-0.05, 0) is 24.3 Å². The summed E-state index contributed by atoms with van der Waals surface area (Å²) in [5, 5.41) is 9.80. The third kappa shape index (κ3) is 8.83. The van der Waals surface area contributed by atoms with Crippen molar-refractivity contribution >= 4 is 32.2 Å². The van der Waals surface area contributed by atoms with Crippen molar-refractivity contribution < 1.29 is 29.9 Å². The predicted molar refractivity (Wildman–Crippen MR) is 74.0 cm³/mol. The van der Waals surface area contributed by atoms with Crippen LogP contribution in [-0.4, -0.2) is 36.2 Å². The van der Waals surface area contributed by atoms with Crippen LogP contribution in [0.3, 0.4) is 0 Å². The maximum atomic E-state index is 10.7. The van der Waals surface area contributed by atoms with E-state index in [1.54, 1.807) is 0 Å². The minimum absolute atomic E-state index is 0.292. The molecule has 120 valence electrons. The van der Waals surface area contributed by atoms with Crippen LogP contribution in [0.15, 0.2) is 24.3 Å². The molecule has 0 spiro atoms. The lowest BCUT2D eigenvalue weighted by molar-refractivity contribution is 0.0861. The molecule has 21 heavy (non-hydrogen) atoms. The van der Waals surface area contributed by atoms with Gasteiger partial charge < -0.3 is 4.74 Å². The molecule has 1 rings (SSSR count). The van der Waals surface area contributed by atoms with E-state index in [4.69, 9.17) is 16.3 Å². The van der Waals surface area contributed by atoms with Gasteiger partial charge in [-0.25, -0.2) is 10.3 Å². The average Bonchev–Trinajstić information content (AvgIpc) is 2.33. The summed E-state index contributed by atoms with van der Waals surface area (Å²) < 4.78 is 56.9. The van der Waals surface area contributed by atoms with Gasteiger partial charge >= 0.3 is 20.6 Å². The Morgan fingerprint density at radius 1 is 0.952 bits per heavy atom. The van der Waals surface area contributed by atoms with Gasteiger partial charge in [0.2, 0.25) is 0 Å². The standard InChI is InChI=1S/C9H13ClN2O7S2/c10-7-1-3-8(4-2-7)19-9(5-17-20(11,13)14)6-18-21(12,15)16/h1-4,9H,5-6H2,(H2,11,13,14)(H2,12,15,16). The maximum absolute atomic E-state index is 10.7. The fourth-order valence-electron chi connectivity index (χ4n) is 1.16. The quantitative estimate of drug-likeness (QED) is 0.636. The topological polar surface area (TPSA) is 148 Å². The van der Waals surface area contributed by atoms with Gasteiger partial charge in [0.25, 0.3) is 0 Å². The molecule has 1 aromatic rings. The number of hydrogen-bond acceptors (Lipinski definition) is 7. The molecule has 0 heterocycles. The van der Waals surface area contributed by atoms with Crippen LogP contribution in [0, 0.1) is 0 Å². The van der Waals surface area contributed by atoms with E-state index >= 15 is 0 Å². The Balaban J connectivity index is 2.72. The molecule has 1 aromatic carbocycles. The molecule has 0 unspecified atom stereocenters. The zero-order chi connectivity index (χ0) is 16.1. The van der Waals surface area contributed by atoms with Crippen LogP contribution in [0.1, 0.15) is 0 Å². The lowest BCUT2D eigenvalue weighted by Gasteiger charge is -2.17. The number of halogens is 1. The van der Waals surface area contributed by atoms with Crippen LogP contribution < -0.4 is 15.0 Å². The van der Waals surface area contributed by atoms with Crippen LogP contribution in [0.25, 0.3) is 0 Å². The average molecular weight is 361 g/mol. The first-order chi connectivity index (χ1) is 9.55. The molecule has 0 aliphatic carbocycles. The van der Waals surface area contributed by atoms with Crippen molar-refractivity contribution in [2.24, 2.45) is 10.3 Å². The smallest absolute Gasteiger partial charge is 0.333 e. The van der Waals surface area contributed by atoms with E-state index in [9.17, 15) is 16.8 Å². The van der Waals surface area contributed by atoms with Crippen LogP contribution in [0.2, 0.25) is 5.02 Å². The molecular formula is C9H13ClN2O7S2. The fourth-order valence-corrected chi connectivity index (χ4v) is 1.97. The first-order valence-electron chi connectivity index (χ1n) is 5.32. The van der Waals surface area contributed by atoms with E-state index < -0.39 is 39.9 Å². The van der Waals surface area contributed by atoms with E-state index in [0.717, 1.165) is 0 Å². The molecule has 9 nitrogen and oxygen atoms in total. The molecule has 0 atom stereocenters. The fraction of sp³-hybridized carbons (Fsp3) is 0.333. The van der Waals surface area contributed by atoms with E-state index in [0.29, 0.717) is 10.8 Å². The number of nitrogens with two attached hydrogens (primary N) is 2. The van der Waals surface area contributed by atoms with Crippen LogP contribution in [0.5, 0.6) is 5.75 Å². The maximum Gasteiger partial charge on any atom is 0.333 e. The first-order valence-corrected chi connectivity index (χ1v) is 8.64. The SMILES string of the molecule is NS(=O)(=O)OCC(COS(N)(=O)=O)Oc1ccc(Cl)cc1. The molecular weight excluding hydrogens is 348 g/mol. The summed E-state index contributed by atoms with van der Waals surface area (Å²) in [6.07, 6.45) is -1.08. The van der Waals surface area contributed by atoms with Crippen LogP contribution in [0.4, 0.5) is 0 Å². The molecule has 12 heteroatoms. The zero-order valence-electron chi connectivity index (χ0n) is 10.5. The number of benzene rings is 1. The Labute approximate surface area is 127 Å². The highest BCUT2D eigenvalue weighted by molar-refractivity contribution is 7.84. The van der Waals surface area contributed by atoms with Crippen LogP contribution in [-0.2, 0) is 29.0 Å². The highest BCUT2D eigenvalue weighted by Gasteiger charge is 2.18. The minimum atomic E-state index is -4.21. The summed E-state index contributed by atoms with van der Waals surface area (Å²) >= 11 is 5.69. The van der Waals surface area contributed by atoms with Crippen molar-refractivity contribution in [3.05, 3.63) is 29.3 Å². The minimum Gasteiger partial charge on any atom is -0.485 e. The van der Waals surface area contributed by atoms with Gasteiger partial charge in [0.15, 0.2) is 0 Å². The van der Waals surface area contributed by atoms with Gasteiger partial charge in [-0.1, -0.05) is 11.6 Å². The summed E-state index contributed by atoms with van der Waals surface area (Å²) in [7, 11) is -8.42. The van der Waals surface area contributed by atoms with Crippen molar-refractivity contribution in [2.45, 2.75) is 6.10 Å². The second-order valence-electron chi connectivity index (χ2n) is 3.75. The summed E-state index contributed by atoms with van der Waals surface area (Å²) in [5.74, 6) is 0.292. The number of ether oxygens (including phenoxy) is 1.